The molecular weight excluding hydrogens is 627 g/mol. The fourth-order valence-electron chi connectivity index (χ4n) is 6.68. The van der Waals surface area contributed by atoms with E-state index in [9.17, 15) is 29.5 Å². The molecular formula is C28H23BrCl2N2O7. The first-order chi connectivity index (χ1) is 19.0. The maximum atomic E-state index is 13.8. The molecule has 40 heavy (non-hydrogen) atoms. The molecule has 2 aromatic rings. The second-order valence-electron chi connectivity index (χ2n) is 10.5. The lowest BCUT2D eigenvalue weighted by Gasteiger charge is -2.50. The molecule has 208 valence electrons. The van der Waals surface area contributed by atoms with Crippen molar-refractivity contribution in [3.8, 4) is 11.5 Å². The normalized spacial score (nSPS) is 33.0. The van der Waals surface area contributed by atoms with Crippen LogP contribution in [0.4, 0.5) is 0 Å². The Hall–Kier alpha value is -2.92. The fourth-order valence-corrected chi connectivity index (χ4v) is 8.10. The summed E-state index contributed by atoms with van der Waals surface area (Å²) in [5.41, 5.74) is 1.50. The SMILES string of the molecule is O=C1C2CC=C3C(CC4(Cl)C(=O)N(CBr)C(=O)C4(Cl)C3c3ccc(OCc4ccccc4)cc3O)C2C(=O)N1O. The summed E-state index contributed by atoms with van der Waals surface area (Å²) in [4.78, 5) is 49.8. The van der Waals surface area contributed by atoms with Crippen molar-refractivity contribution in [3.05, 3.63) is 71.3 Å². The lowest BCUT2D eigenvalue weighted by molar-refractivity contribution is -0.173. The van der Waals surface area contributed by atoms with E-state index in [4.69, 9.17) is 27.9 Å². The molecule has 0 bridgehead atoms. The van der Waals surface area contributed by atoms with Crippen LogP contribution in [-0.2, 0) is 25.8 Å². The Balaban J connectivity index is 1.46. The van der Waals surface area contributed by atoms with Crippen molar-refractivity contribution in [2.75, 3.05) is 5.45 Å². The molecule has 12 heteroatoms. The topological polar surface area (TPSA) is 124 Å². The van der Waals surface area contributed by atoms with Crippen molar-refractivity contribution < 1.29 is 34.2 Å². The average Bonchev–Trinajstić information content (AvgIpc) is 3.25. The Bertz CT molecular complexity index is 1490. The zero-order valence-corrected chi connectivity index (χ0v) is 23.9. The zero-order valence-electron chi connectivity index (χ0n) is 20.8. The first kappa shape index (κ1) is 27.3. The van der Waals surface area contributed by atoms with Gasteiger partial charge in [0.2, 0.25) is 0 Å². The quantitative estimate of drug-likeness (QED) is 0.165. The fraction of sp³-hybridized carbons (Fsp3) is 0.357. The summed E-state index contributed by atoms with van der Waals surface area (Å²) in [7, 11) is 0. The number of amides is 4. The number of hydroxylamine groups is 2. The van der Waals surface area contributed by atoms with Gasteiger partial charge in [0.05, 0.1) is 17.3 Å². The maximum Gasteiger partial charge on any atom is 0.257 e. The number of halogens is 3. The number of aromatic hydroxyl groups is 1. The molecule has 2 heterocycles. The van der Waals surface area contributed by atoms with Crippen LogP contribution in [0.25, 0.3) is 0 Å². The van der Waals surface area contributed by atoms with Gasteiger partial charge < -0.3 is 9.84 Å². The van der Waals surface area contributed by atoms with E-state index in [1.165, 1.54) is 6.07 Å². The minimum Gasteiger partial charge on any atom is -0.508 e. The van der Waals surface area contributed by atoms with Gasteiger partial charge in [0.1, 0.15) is 18.1 Å². The van der Waals surface area contributed by atoms with Crippen LogP contribution >= 0.6 is 39.1 Å². The van der Waals surface area contributed by atoms with Gasteiger partial charge in [0.15, 0.2) is 9.75 Å². The van der Waals surface area contributed by atoms with Gasteiger partial charge >= 0.3 is 0 Å². The first-order valence-electron chi connectivity index (χ1n) is 12.6. The Morgan fingerprint density at radius 1 is 1.00 bits per heavy atom. The van der Waals surface area contributed by atoms with Gasteiger partial charge in [-0.2, -0.15) is 5.06 Å². The standard InChI is InChI=1S/C28H23BrCl2N2O7/c29-13-32-25(37)27(30)11-19-16(8-9-18-21(19)24(36)33(39)23(18)35)22(28(27,31)26(32)38)17-7-6-15(10-20(17)34)40-12-14-4-2-1-3-5-14/h1-8,10,18-19,21-22,34,39H,9,11-13H2. The summed E-state index contributed by atoms with van der Waals surface area (Å²) in [5.74, 6) is -6.62. The van der Waals surface area contributed by atoms with E-state index in [0.29, 0.717) is 11.3 Å². The lowest BCUT2D eigenvalue weighted by Crippen LogP contribution is -2.60. The number of carbonyl (C=O) groups excluding carboxylic acids is 4. The van der Waals surface area contributed by atoms with E-state index in [1.807, 2.05) is 30.3 Å². The highest BCUT2D eigenvalue weighted by Gasteiger charge is 2.76. The molecule has 0 radical (unpaired) electrons. The monoisotopic (exact) mass is 648 g/mol. The predicted molar refractivity (Wildman–Crippen MR) is 146 cm³/mol. The number of nitrogens with zero attached hydrogens (tertiary/aromatic N) is 2. The molecule has 4 aliphatic rings. The van der Waals surface area contributed by atoms with Gasteiger partial charge in [0, 0.05) is 17.5 Å². The van der Waals surface area contributed by atoms with E-state index in [-0.39, 0.29) is 41.3 Å². The van der Waals surface area contributed by atoms with Gasteiger partial charge in [-0.05, 0) is 30.4 Å². The largest absolute Gasteiger partial charge is 0.508 e. The highest BCUT2D eigenvalue weighted by Crippen LogP contribution is 2.66. The number of allylic oxidation sites excluding steroid dienone is 2. The molecule has 6 unspecified atom stereocenters. The number of fused-ring (bicyclic) bond motifs is 4. The van der Waals surface area contributed by atoms with Crippen molar-refractivity contribution in [1.29, 1.82) is 0 Å². The molecule has 4 amide bonds. The number of hydrogen-bond donors (Lipinski definition) is 2. The van der Waals surface area contributed by atoms with Crippen molar-refractivity contribution >= 4 is 62.8 Å². The average molecular weight is 650 g/mol. The Kier molecular flexibility index (Phi) is 6.53. The molecule has 1 saturated carbocycles. The second kappa shape index (κ2) is 9.58. The van der Waals surface area contributed by atoms with Crippen LogP contribution in [0.5, 0.6) is 11.5 Å². The maximum absolute atomic E-state index is 13.8. The highest BCUT2D eigenvalue weighted by atomic mass is 79.9. The number of imide groups is 2. The molecule has 2 N–H and O–H groups in total. The number of ether oxygens (including phenoxy) is 1. The first-order valence-corrected chi connectivity index (χ1v) is 14.5. The molecule has 6 rings (SSSR count). The number of phenols is 1. The van der Waals surface area contributed by atoms with E-state index in [1.54, 1.807) is 18.2 Å². The van der Waals surface area contributed by atoms with Crippen LogP contribution in [0, 0.1) is 17.8 Å². The summed E-state index contributed by atoms with van der Waals surface area (Å²) in [6.07, 6.45) is 1.62. The number of alkyl halides is 3. The number of carbonyl (C=O) groups is 4. The van der Waals surface area contributed by atoms with Crippen LogP contribution < -0.4 is 4.74 Å². The number of hydrogen-bond acceptors (Lipinski definition) is 7. The van der Waals surface area contributed by atoms with Crippen LogP contribution in [-0.4, -0.2) is 59.1 Å². The molecule has 0 spiro atoms. The molecule has 2 aliphatic carbocycles. The third kappa shape index (κ3) is 3.62. The van der Waals surface area contributed by atoms with Gasteiger partial charge in [-0.3, -0.25) is 29.3 Å². The van der Waals surface area contributed by atoms with Gasteiger partial charge in [-0.1, -0.05) is 64.0 Å². The van der Waals surface area contributed by atoms with Gasteiger partial charge in [-0.25, -0.2) is 0 Å². The Morgan fingerprint density at radius 3 is 2.40 bits per heavy atom. The smallest absolute Gasteiger partial charge is 0.257 e. The lowest BCUT2D eigenvalue weighted by atomic mass is 9.56. The van der Waals surface area contributed by atoms with Crippen LogP contribution in [0.1, 0.15) is 29.9 Å². The third-order valence-electron chi connectivity index (χ3n) is 8.55. The minimum atomic E-state index is -2.04. The summed E-state index contributed by atoms with van der Waals surface area (Å²) in [5, 5.41) is 21.5. The van der Waals surface area contributed by atoms with E-state index in [2.05, 4.69) is 15.9 Å². The Labute approximate surface area is 247 Å². The van der Waals surface area contributed by atoms with Crippen LogP contribution in [0.15, 0.2) is 60.2 Å². The summed E-state index contributed by atoms with van der Waals surface area (Å²) in [6.45, 7) is 0.255. The summed E-state index contributed by atoms with van der Waals surface area (Å²) >= 11 is 17.4. The number of phenolic OH excluding ortho intramolecular Hbond substituents is 1. The highest BCUT2D eigenvalue weighted by molar-refractivity contribution is 9.09. The Morgan fingerprint density at radius 2 is 1.73 bits per heavy atom. The molecule has 3 fully saturated rings. The van der Waals surface area contributed by atoms with E-state index >= 15 is 0 Å². The van der Waals surface area contributed by atoms with Crippen molar-refractivity contribution in [3.63, 3.8) is 0 Å². The number of likely N-dealkylation sites (tertiary alicyclic amines) is 1. The van der Waals surface area contributed by atoms with Crippen molar-refractivity contribution in [2.45, 2.75) is 35.1 Å². The molecule has 2 saturated heterocycles. The zero-order chi connectivity index (χ0) is 28.6. The molecule has 6 atom stereocenters. The number of rotatable bonds is 5. The van der Waals surface area contributed by atoms with Gasteiger partial charge in [0.25, 0.3) is 23.6 Å². The second-order valence-corrected chi connectivity index (χ2v) is 12.2. The third-order valence-corrected chi connectivity index (χ3v) is 10.5. The molecule has 2 aromatic carbocycles. The van der Waals surface area contributed by atoms with E-state index < -0.39 is 57.0 Å². The van der Waals surface area contributed by atoms with Crippen LogP contribution in [0.2, 0.25) is 0 Å². The van der Waals surface area contributed by atoms with E-state index in [0.717, 1.165) is 10.5 Å². The van der Waals surface area contributed by atoms with Gasteiger partial charge in [-0.15, -0.1) is 23.2 Å². The predicted octanol–water partition coefficient (Wildman–Crippen LogP) is 4.07. The van der Waals surface area contributed by atoms with Crippen molar-refractivity contribution in [1.82, 2.24) is 9.96 Å². The minimum absolute atomic E-state index is 0.111. The summed E-state index contributed by atoms with van der Waals surface area (Å²) < 4.78 is 5.84. The molecule has 2 aliphatic heterocycles. The molecule has 9 nitrogen and oxygen atoms in total. The summed E-state index contributed by atoms with van der Waals surface area (Å²) in [6, 6.07) is 14.0. The van der Waals surface area contributed by atoms with Crippen molar-refractivity contribution in [2.24, 2.45) is 17.8 Å². The molecule has 0 aromatic heterocycles. The van der Waals surface area contributed by atoms with Crippen LogP contribution in [0.3, 0.4) is 0 Å². The number of benzene rings is 2.